The van der Waals surface area contributed by atoms with E-state index in [0.717, 1.165) is 38.8 Å². The molecule has 0 radical (unpaired) electrons. The van der Waals surface area contributed by atoms with E-state index in [4.69, 9.17) is 5.11 Å². The maximum absolute atomic E-state index is 12.2. The number of nitrogens with zero attached hydrogens (tertiary/aromatic N) is 1. The summed E-state index contributed by atoms with van der Waals surface area (Å²) < 4.78 is 0. The van der Waals surface area contributed by atoms with Crippen LogP contribution >= 0.6 is 0 Å². The minimum absolute atomic E-state index is 0.0459. The second-order valence-corrected chi connectivity index (χ2v) is 5.75. The van der Waals surface area contributed by atoms with Crippen molar-refractivity contribution in [1.82, 2.24) is 10.2 Å². The number of carbonyl (C=O) groups is 2. The van der Waals surface area contributed by atoms with Crippen LogP contribution in [0, 0.1) is 5.92 Å². The van der Waals surface area contributed by atoms with Crippen molar-refractivity contribution in [2.75, 3.05) is 13.1 Å². The first-order valence-corrected chi connectivity index (χ1v) is 7.44. The van der Waals surface area contributed by atoms with Crippen molar-refractivity contribution in [3.63, 3.8) is 0 Å². The summed E-state index contributed by atoms with van der Waals surface area (Å²) in [5, 5.41) is 11.8. The van der Waals surface area contributed by atoms with E-state index in [1.54, 1.807) is 0 Å². The molecule has 1 unspecified atom stereocenters. The van der Waals surface area contributed by atoms with Crippen LogP contribution in [0.2, 0.25) is 0 Å². The molecule has 5 nitrogen and oxygen atoms in total. The highest BCUT2D eigenvalue weighted by molar-refractivity contribution is 5.76. The zero-order valence-electron chi connectivity index (χ0n) is 11.4. The standard InChI is InChI=1S/C14H24N2O3/c17-13(18)10-12(11-6-7-11)15-14(19)16-8-4-2-1-3-5-9-16/h11-12H,1-10H2,(H,15,19)(H,17,18). The zero-order chi connectivity index (χ0) is 13.7. The first-order chi connectivity index (χ1) is 9.16. The number of hydrogen-bond donors (Lipinski definition) is 2. The Labute approximate surface area is 114 Å². The monoisotopic (exact) mass is 268 g/mol. The van der Waals surface area contributed by atoms with E-state index < -0.39 is 5.97 Å². The highest BCUT2D eigenvalue weighted by Gasteiger charge is 2.34. The van der Waals surface area contributed by atoms with Crippen LogP contribution in [0.5, 0.6) is 0 Å². The molecule has 0 bridgehead atoms. The number of nitrogens with one attached hydrogen (secondary N) is 1. The Morgan fingerprint density at radius 1 is 1.11 bits per heavy atom. The third-order valence-corrected chi connectivity index (χ3v) is 4.04. The Kier molecular flexibility index (Phi) is 5.05. The van der Waals surface area contributed by atoms with Crippen LogP contribution in [-0.2, 0) is 4.79 Å². The van der Waals surface area contributed by atoms with Crippen LogP contribution < -0.4 is 5.32 Å². The van der Waals surface area contributed by atoms with Crippen molar-refractivity contribution in [2.24, 2.45) is 5.92 Å². The van der Waals surface area contributed by atoms with Gasteiger partial charge in [0, 0.05) is 19.1 Å². The summed E-state index contributed by atoms with van der Waals surface area (Å²) in [7, 11) is 0. The van der Waals surface area contributed by atoms with Gasteiger partial charge >= 0.3 is 12.0 Å². The fraction of sp³-hybridized carbons (Fsp3) is 0.857. The second-order valence-electron chi connectivity index (χ2n) is 5.75. The molecule has 2 amide bonds. The average Bonchev–Trinajstić information content (AvgIpc) is 3.10. The van der Waals surface area contributed by atoms with E-state index in [2.05, 4.69) is 5.32 Å². The van der Waals surface area contributed by atoms with Gasteiger partial charge in [-0.2, -0.15) is 0 Å². The Morgan fingerprint density at radius 3 is 2.21 bits per heavy atom. The predicted octanol–water partition coefficient (Wildman–Crippen LogP) is 2.22. The summed E-state index contributed by atoms with van der Waals surface area (Å²) >= 11 is 0. The van der Waals surface area contributed by atoms with Gasteiger partial charge in [0.15, 0.2) is 0 Å². The van der Waals surface area contributed by atoms with Gasteiger partial charge in [-0.25, -0.2) is 4.79 Å². The zero-order valence-corrected chi connectivity index (χ0v) is 11.4. The number of aliphatic carboxylic acids is 1. The largest absolute Gasteiger partial charge is 0.481 e. The summed E-state index contributed by atoms with van der Waals surface area (Å²) in [6, 6.07) is -0.254. The number of carbonyl (C=O) groups excluding carboxylic acids is 1. The van der Waals surface area contributed by atoms with E-state index in [1.165, 1.54) is 19.3 Å². The SMILES string of the molecule is O=C(O)CC(NC(=O)N1CCCCCCC1)C1CC1. The van der Waals surface area contributed by atoms with Crippen LogP contribution in [-0.4, -0.2) is 41.1 Å². The van der Waals surface area contributed by atoms with Crippen LogP contribution in [0.1, 0.15) is 51.4 Å². The van der Waals surface area contributed by atoms with Gasteiger partial charge in [0.25, 0.3) is 0 Å². The highest BCUT2D eigenvalue weighted by atomic mass is 16.4. The van der Waals surface area contributed by atoms with Crippen molar-refractivity contribution in [2.45, 2.75) is 57.4 Å². The minimum Gasteiger partial charge on any atom is -0.481 e. The van der Waals surface area contributed by atoms with Gasteiger partial charge in [0.2, 0.25) is 0 Å². The third kappa shape index (κ3) is 4.73. The fourth-order valence-electron chi connectivity index (χ4n) is 2.72. The van der Waals surface area contributed by atoms with Crippen molar-refractivity contribution in [3.05, 3.63) is 0 Å². The number of likely N-dealkylation sites (tertiary alicyclic amines) is 1. The van der Waals surface area contributed by atoms with E-state index in [9.17, 15) is 9.59 Å². The lowest BCUT2D eigenvalue weighted by Crippen LogP contribution is -2.47. The number of carboxylic acids is 1. The van der Waals surface area contributed by atoms with Gasteiger partial charge in [-0.15, -0.1) is 0 Å². The lowest BCUT2D eigenvalue weighted by atomic mass is 10.1. The fourth-order valence-corrected chi connectivity index (χ4v) is 2.72. The number of amides is 2. The lowest BCUT2D eigenvalue weighted by Gasteiger charge is -2.27. The molecule has 2 rings (SSSR count). The van der Waals surface area contributed by atoms with Crippen LogP contribution in [0.25, 0.3) is 0 Å². The molecule has 2 aliphatic rings. The molecular formula is C14H24N2O3. The summed E-state index contributed by atoms with van der Waals surface area (Å²) in [5.41, 5.74) is 0. The molecule has 19 heavy (non-hydrogen) atoms. The second kappa shape index (κ2) is 6.78. The quantitative estimate of drug-likeness (QED) is 0.821. The van der Waals surface area contributed by atoms with E-state index in [1.807, 2.05) is 4.90 Å². The summed E-state index contributed by atoms with van der Waals surface area (Å²) in [4.78, 5) is 24.9. The molecule has 5 heteroatoms. The van der Waals surface area contributed by atoms with Crippen molar-refractivity contribution in [1.29, 1.82) is 0 Å². The Bertz CT molecular complexity index is 321. The molecule has 0 aromatic heterocycles. The van der Waals surface area contributed by atoms with Crippen LogP contribution in [0.3, 0.4) is 0 Å². The lowest BCUT2D eigenvalue weighted by molar-refractivity contribution is -0.137. The minimum atomic E-state index is -0.829. The number of urea groups is 1. The first kappa shape index (κ1) is 14.2. The summed E-state index contributed by atoms with van der Waals surface area (Å²) in [6.07, 6.45) is 7.87. The van der Waals surface area contributed by atoms with Gasteiger partial charge in [-0.3, -0.25) is 4.79 Å². The van der Waals surface area contributed by atoms with Crippen molar-refractivity contribution < 1.29 is 14.7 Å². The third-order valence-electron chi connectivity index (χ3n) is 4.04. The molecule has 1 saturated heterocycles. The first-order valence-electron chi connectivity index (χ1n) is 7.44. The van der Waals surface area contributed by atoms with Gasteiger partial charge in [0.1, 0.15) is 0 Å². The van der Waals surface area contributed by atoms with Crippen molar-refractivity contribution in [3.8, 4) is 0 Å². The summed E-state index contributed by atoms with van der Waals surface area (Å²) in [5.74, 6) is -0.459. The maximum atomic E-state index is 12.2. The Balaban J connectivity index is 1.84. The average molecular weight is 268 g/mol. The van der Waals surface area contributed by atoms with Gasteiger partial charge in [-0.05, 0) is 31.6 Å². The molecule has 2 fully saturated rings. The molecule has 0 aromatic rings. The van der Waals surface area contributed by atoms with Gasteiger partial charge in [-0.1, -0.05) is 19.3 Å². The van der Waals surface area contributed by atoms with Crippen LogP contribution in [0.4, 0.5) is 4.79 Å². The molecule has 2 N–H and O–H groups in total. The molecule has 108 valence electrons. The maximum Gasteiger partial charge on any atom is 0.317 e. The molecule has 1 heterocycles. The van der Waals surface area contributed by atoms with Crippen LogP contribution in [0.15, 0.2) is 0 Å². The normalized spacial score (nSPS) is 22.2. The Hall–Kier alpha value is -1.26. The molecule has 1 aliphatic heterocycles. The van der Waals surface area contributed by atoms with Gasteiger partial charge < -0.3 is 15.3 Å². The van der Waals surface area contributed by atoms with E-state index in [-0.39, 0.29) is 18.5 Å². The number of hydrogen-bond acceptors (Lipinski definition) is 2. The molecule has 0 spiro atoms. The smallest absolute Gasteiger partial charge is 0.317 e. The molecule has 1 aliphatic carbocycles. The topological polar surface area (TPSA) is 69.6 Å². The molecular weight excluding hydrogens is 244 g/mol. The highest BCUT2D eigenvalue weighted by Crippen LogP contribution is 2.34. The molecule has 0 aromatic carbocycles. The van der Waals surface area contributed by atoms with E-state index >= 15 is 0 Å². The molecule has 1 saturated carbocycles. The van der Waals surface area contributed by atoms with Gasteiger partial charge in [0.05, 0.1) is 6.42 Å². The Morgan fingerprint density at radius 2 is 1.68 bits per heavy atom. The number of carboxylic acid groups (broad SMARTS) is 1. The predicted molar refractivity (Wildman–Crippen MR) is 72.0 cm³/mol. The molecule has 1 atom stereocenters. The summed E-state index contributed by atoms with van der Waals surface area (Å²) in [6.45, 7) is 1.60. The van der Waals surface area contributed by atoms with Crippen molar-refractivity contribution >= 4 is 12.0 Å². The number of rotatable bonds is 4. The van der Waals surface area contributed by atoms with E-state index in [0.29, 0.717) is 5.92 Å².